The molecule has 1 saturated heterocycles. The number of likely N-dealkylation sites (N-methyl/N-ethyl adjacent to an activating group) is 1. The van der Waals surface area contributed by atoms with Crippen LogP contribution in [0.5, 0.6) is 0 Å². The summed E-state index contributed by atoms with van der Waals surface area (Å²) in [5.41, 5.74) is 0. The van der Waals surface area contributed by atoms with Crippen LogP contribution in [0, 0.1) is 5.92 Å². The average molecular weight is 228 g/mol. The zero-order chi connectivity index (χ0) is 12.1. The first-order chi connectivity index (χ1) is 7.63. The Bertz CT molecular complexity index is 193. The smallest absolute Gasteiger partial charge is 0.114 e. The van der Waals surface area contributed by atoms with Gasteiger partial charge in [-0.3, -0.25) is 15.5 Å². The summed E-state index contributed by atoms with van der Waals surface area (Å²) in [6, 6.07) is 0.647. The Balaban J connectivity index is 2.70. The minimum atomic E-state index is 0.299. The highest BCUT2D eigenvalue weighted by Gasteiger charge is 2.32. The number of nitrogens with zero attached hydrogens (tertiary/aromatic N) is 2. The molecule has 0 bridgehead atoms. The maximum absolute atomic E-state index is 3.34. The van der Waals surface area contributed by atoms with Crippen LogP contribution in [0.15, 0.2) is 0 Å². The van der Waals surface area contributed by atoms with Crippen molar-refractivity contribution in [1.29, 1.82) is 0 Å². The second-order valence-electron chi connectivity index (χ2n) is 4.93. The SMILES string of the molecule is CCC(C)C1CN(C)CCN1C(NC)NC. The van der Waals surface area contributed by atoms with Crippen LogP contribution in [-0.2, 0) is 0 Å². The van der Waals surface area contributed by atoms with E-state index in [-0.39, 0.29) is 0 Å². The highest BCUT2D eigenvalue weighted by atomic mass is 15.4. The average Bonchev–Trinajstić information content (AvgIpc) is 2.31. The van der Waals surface area contributed by atoms with Gasteiger partial charge in [0.15, 0.2) is 0 Å². The third-order valence-electron chi connectivity index (χ3n) is 3.84. The van der Waals surface area contributed by atoms with Crippen LogP contribution in [0.2, 0.25) is 0 Å². The topological polar surface area (TPSA) is 30.5 Å². The van der Waals surface area contributed by atoms with E-state index in [4.69, 9.17) is 0 Å². The second-order valence-corrected chi connectivity index (χ2v) is 4.93. The second kappa shape index (κ2) is 6.55. The van der Waals surface area contributed by atoms with E-state index in [0.29, 0.717) is 12.3 Å². The summed E-state index contributed by atoms with van der Waals surface area (Å²) in [5, 5.41) is 6.68. The van der Waals surface area contributed by atoms with Gasteiger partial charge in [-0.1, -0.05) is 20.3 Å². The molecule has 1 heterocycles. The molecule has 1 aliphatic rings. The van der Waals surface area contributed by atoms with E-state index in [2.05, 4.69) is 41.3 Å². The van der Waals surface area contributed by atoms with Crippen molar-refractivity contribution >= 4 is 0 Å². The van der Waals surface area contributed by atoms with Crippen LogP contribution in [-0.4, -0.2) is 62.9 Å². The molecule has 0 aromatic rings. The third-order valence-corrected chi connectivity index (χ3v) is 3.84. The Morgan fingerprint density at radius 1 is 1.25 bits per heavy atom. The van der Waals surface area contributed by atoms with E-state index in [1.807, 2.05) is 14.1 Å². The lowest BCUT2D eigenvalue weighted by Gasteiger charge is -2.46. The van der Waals surface area contributed by atoms with E-state index in [1.165, 1.54) is 13.0 Å². The predicted octanol–water partition coefficient (Wildman–Crippen LogP) is 0.371. The molecule has 2 N–H and O–H groups in total. The van der Waals surface area contributed by atoms with Crippen LogP contribution in [0.25, 0.3) is 0 Å². The molecule has 16 heavy (non-hydrogen) atoms. The summed E-state index contributed by atoms with van der Waals surface area (Å²) in [6.45, 7) is 8.12. The first-order valence-electron chi connectivity index (χ1n) is 6.42. The molecule has 1 fully saturated rings. The highest BCUT2D eigenvalue weighted by Crippen LogP contribution is 2.20. The minimum absolute atomic E-state index is 0.299. The lowest BCUT2D eigenvalue weighted by atomic mass is 9.95. The van der Waals surface area contributed by atoms with Crippen molar-refractivity contribution < 1.29 is 0 Å². The molecular weight excluding hydrogens is 200 g/mol. The van der Waals surface area contributed by atoms with E-state index in [0.717, 1.165) is 19.0 Å². The molecule has 4 nitrogen and oxygen atoms in total. The van der Waals surface area contributed by atoms with Crippen LogP contribution < -0.4 is 10.6 Å². The Kier molecular flexibility index (Phi) is 5.69. The molecule has 1 aliphatic heterocycles. The van der Waals surface area contributed by atoms with Gasteiger partial charge in [-0.15, -0.1) is 0 Å². The summed E-state index contributed by atoms with van der Waals surface area (Å²) in [5.74, 6) is 0.743. The van der Waals surface area contributed by atoms with Gasteiger partial charge >= 0.3 is 0 Å². The van der Waals surface area contributed by atoms with Crippen LogP contribution in [0.3, 0.4) is 0 Å². The maximum Gasteiger partial charge on any atom is 0.114 e. The number of hydrogen-bond acceptors (Lipinski definition) is 4. The molecule has 0 aromatic heterocycles. The minimum Gasteiger partial charge on any atom is -0.304 e. The largest absolute Gasteiger partial charge is 0.304 e. The van der Waals surface area contributed by atoms with E-state index < -0.39 is 0 Å². The van der Waals surface area contributed by atoms with Gasteiger partial charge < -0.3 is 4.90 Å². The molecule has 0 spiro atoms. The molecule has 2 unspecified atom stereocenters. The monoisotopic (exact) mass is 228 g/mol. The highest BCUT2D eigenvalue weighted by molar-refractivity contribution is 4.86. The van der Waals surface area contributed by atoms with Crippen molar-refractivity contribution in [3.05, 3.63) is 0 Å². The summed E-state index contributed by atoms with van der Waals surface area (Å²) in [7, 11) is 6.26. The van der Waals surface area contributed by atoms with E-state index in [1.54, 1.807) is 0 Å². The molecule has 96 valence electrons. The zero-order valence-electron chi connectivity index (χ0n) is 11.5. The first kappa shape index (κ1) is 13.9. The first-order valence-corrected chi connectivity index (χ1v) is 6.42. The van der Waals surface area contributed by atoms with Crippen LogP contribution in [0.4, 0.5) is 0 Å². The number of rotatable bonds is 5. The Morgan fingerprint density at radius 2 is 1.88 bits per heavy atom. The Labute approximate surface area is 100 Å². The van der Waals surface area contributed by atoms with Gasteiger partial charge in [0.25, 0.3) is 0 Å². The molecular formula is C12H28N4. The summed E-state index contributed by atoms with van der Waals surface area (Å²) in [4.78, 5) is 5.00. The van der Waals surface area contributed by atoms with E-state index in [9.17, 15) is 0 Å². The molecule has 4 heteroatoms. The Morgan fingerprint density at radius 3 is 2.38 bits per heavy atom. The van der Waals surface area contributed by atoms with Crippen LogP contribution in [0.1, 0.15) is 20.3 Å². The fourth-order valence-electron chi connectivity index (χ4n) is 2.54. The predicted molar refractivity (Wildman–Crippen MR) is 69.4 cm³/mol. The van der Waals surface area contributed by atoms with Gasteiger partial charge in [0.1, 0.15) is 6.29 Å². The van der Waals surface area contributed by atoms with Gasteiger partial charge in [0, 0.05) is 25.7 Å². The fraction of sp³-hybridized carbons (Fsp3) is 1.00. The fourth-order valence-corrected chi connectivity index (χ4v) is 2.54. The molecule has 0 amide bonds. The van der Waals surface area contributed by atoms with Gasteiger partial charge in [-0.25, -0.2) is 0 Å². The van der Waals surface area contributed by atoms with Crippen molar-refractivity contribution in [1.82, 2.24) is 20.4 Å². The van der Waals surface area contributed by atoms with Gasteiger partial charge in [0.05, 0.1) is 0 Å². The van der Waals surface area contributed by atoms with Gasteiger partial charge in [0.2, 0.25) is 0 Å². The summed E-state index contributed by atoms with van der Waals surface area (Å²) < 4.78 is 0. The maximum atomic E-state index is 3.34. The quantitative estimate of drug-likeness (QED) is 0.666. The normalized spacial score (nSPS) is 26.2. The van der Waals surface area contributed by atoms with E-state index >= 15 is 0 Å². The van der Waals surface area contributed by atoms with Crippen molar-refractivity contribution in [2.75, 3.05) is 40.8 Å². The Hall–Kier alpha value is -0.160. The van der Waals surface area contributed by atoms with Crippen molar-refractivity contribution in [3.8, 4) is 0 Å². The standard InChI is InChI=1S/C12H28N4/c1-6-10(2)11-9-15(5)7-8-16(11)12(13-3)14-4/h10-14H,6-9H2,1-5H3. The third kappa shape index (κ3) is 3.17. The van der Waals surface area contributed by atoms with Crippen LogP contribution >= 0.6 is 0 Å². The number of hydrogen-bond donors (Lipinski definition) is 2. The van der Waals surface area contributed by atoms with Crippen molar-refractivity contribution in [2.24, 2.45) is 5.92 Å². The van der Waals surface area contributed by atoms with Gasteiger partial charge in [-0.05, 0) is 27.1 Å². The number of nitrogens with one attached hydrogen (secondary N) is 2. The molecule has 0 aromatic carbocycles. The van der Waals surface area contributed by atoms with Gasteiger partial charge in [-0.2, -0.15) is 0 Å². The molecule has 2 atom stereocenters. The zero-order valence-corrected chi connectivity index (χ0v) is 11.5. The van der Waals surface area contributed by atoms with Crippen molar-refractivity contribution in [2.45, 2.75) is 32.6 Å². The molecule has 0 saturated carbocycles. The number of piperazine rings is 1. The van der Waals surface area contributed by atoms with Crippen molar-refractivity contribution in [3.63, 3.8) is 0 Å². The molecule has 0 aliphatic carbocycles. The lowest BCUT2D eigenvalue weighted by molar-refractivity contribution is 0.00520. The molecule has 1 rings (SSSR count). The molecule has 0 radical (unpaired) electrons. The lowest BCUT2D eigenvalue weighted by Crippen LogP contribution is -2.64. The summed E-state index contributed by atoms with van der Waals surface area (Å²) in [6.07, 6.45) is 1.54. The summed E-state index contributed by atoms with van der Waals surface area (Å²) >= 11 is 0.